The predicted molar refractivity (Wildman–Crippen MR) is 69.0 cm³/mol. The molecule has 1 rings (SSSR count). The van der Waals surface area contributed by atoms with Crippen molar-refractivity contribution >= 4 is 11.6 Å². The van der Waals surface area contributed by atoms with Crippen LogP contribution in [0.25, 0.3) is 0 Å². The lowest BCUT2D eigenvalue weighted by Gasteiger charge is -2.21. The number of likely N-dealkylation sites (N-methyl/N-ethyl adjacent to an activating group) is 1. The van der Waals surface area contributed by atoms with Crippen LogP contribution < -0.4 is 16.2 Å². The maximum atomic E-state index is 5.47. The van der Waals surface area contributed by atoms with E-state index in [1.807, 2.05) is 7.05 Å². The molecule has 1 aromatic heterocycles. The lowest BCUT2D eigenvalue weighted by Crippen LogP contribution is -2.25. The van der Waals surface area contributed by atoms with E-state index in [2.05, 4.69) is 27.2 Å². The van der Waals surface area contributed by atoms with Gasteiger partial charge in [-0.15, -0.1) is 0 Å². The number of methoxy groups -OCH3 is 1. The van der Waals surface area contributed by atoms with Crippen LogP contribution in [0.15, 0.2) is 6.33 Å². The Morgan fingerprint density at radius 2 is 2.24 bits per heavy atom. The molecule has 0 saturated heterocycles. The van der Waals surface area contributed by atoms with Crippen molar-refractivity contribution in [2.24, 2.45) is 5.84 Å². The molecule has 3 N–H and O–H groups in total. The van der Waals surface area contributed by atoms with Gasteiger partial charge in [-0.1, -0.05) is 13.3 Å². The number of nitrogens with one attached hydrogen (secondary N) is 1. The number of nitrogen functional groups attached to an aromatic ring is 1. The number of hydrogen-bond acceptors (Lipinski definition) is 6. The molecule has 1 aromatic rings. The normalized spacial score (nSPS) is 10.4. The average Bonchev–Trinajstić information content (AvgIpc) is 2.36. The molecule has 6 nitrogen and oxygen atoms in total. The van der Waals surface area contributed by atoms with Gasteiger partial charge < -0.3 is 15.1 Å². The molecular formula is C11H21N5O. The minimum Gasteiger partial charge on any atom is -0.383 e. The molecule has 0 unspecified atom stereocenters. The molecule has 0 atom stereocenters. The first kappa shape index (κ1) is 13.7. The van der Waals surface area contributed by atoms with Crippen LogP contribution in [-0.4, -0.2) is 37.3 Å². The number of aromatic nitrogens is 2. The van der Waals surface area contributed by atoms with E-state index in [4.69, 9.17) is 10.6 Å². The summed E-state index contributed by atoms with van der Waals surface area (Å²) in [5, 5.41) is 0. The summed E-state index contributed by atoms with van der Waals surface area (Å²) in [5.41, 5.74) is 3.67. The van der Waals surface area contributed by atoms with E-state index in [9.17, 15) is 0 Å². The zero-order chi connectivity index (χ0) is 12.7. The van der Waals surface area contributed by atoms with Crippen molar-refractivity contribution in [3.63, 3.8) is 0 Å². The van der Waals surface area contributed by atoms with Gasteiger partial charge in [0.2, 0.25) is 0 Å². The number of nitrogens with zero attached hydrogens (tertiary/aromatic N) is 3. The van der Waals surface area contributed by atoms with Crippen LogP contribution in [0, 0.1) is 0 Å². The number of hydrazine groups is 1. The van der Waals surface area contributed by atoms with Gasteiger partial charge in [0.1, 0.15) is 18.0 Å². The van der Waals surface area contributed by atoms with E-state index in [1.165, 1.54) is 6.33 Å². The van der Waals surface area contributed by atoms with Crippen molar-refractivity contribution in [3.05, 3.63) is 11.9 Å². The molecule has 0 saturated carbocycles. The van der Waals surface area contributed by atoms with E-state index in [-0.39, 0.29) is 0 Å². The Hall–Kier alpha value is -1.40. The maximum Gasteiger partial charge on any atom is 0.148 e. The number of ether oxygens (including phenoxy) is 1. The molecular weight excluding hydrogens is 218 g/mol. The van der Waals surface area contributed by atoms with Crippen molar-refractivity contribution in [1.29, 1.82) is 0 Å². The van der Waals surface area contributed by atoms with Crippen molar-refractivity contribution in [2.75, 3.05) is 37.6 Å². The SMILES string of the molecule is CCCc1c(NN)ncnc1N(C)CCOC. The second-order valence-electron chi connectivity index (χ2n) is 3.83. The molecule has 0 aliphatic heterocycles. The first-order valence-corrected chi connectivity index (χ1v) is 5.75. The standard InChI is InChI=1S/C11H21N5O/c1-4-5-9-10(15-12)13-8-14-11(9)16(2)6-7-17-3/h8H,4-7,12H2,1-3H3,(H,13,14,15). The van der Waals surface area contributed by atoms with Gasteiger partial charge in [0.25, 0.3) is 0 Å². The molecule has 0 amide bonds. The van der Waals surface area contributed by atoms with Gasteiger partial charge in [-0.3, -0.25) is 0 Å². The fraction of sp³-hybridized carbons (Fsp3) is 0.636. The Balaban J connectivity index is 2.95. The largest absolute Gasteiger partial charge is 0.383 e. The lowest BCUT2D eigenvalue weighted by molar-refractivity contribution is 0.206. The van der Waals surface area contributed by atoms with Gasteiger partial charge >= 0.3 is 0 Å². The Kier molecular flexibility index (Phi) is 5.65. The van der Waals surface area contributed by atoms with Crippen LogP contribution in [0.1, 0.15) is 18.9 Å². The summed E-state index contributed by atoms with van der Waals surface area (Å²) in [4.78, 5) is 10.5. The average molecular weight is 239 g/mol. The highest BCUT2D eigenvalue weighted by Crippen LogP contribution is 2.23. The third-order valence-corrected chi connectivity index (χ3v) is 2.55. The number of rotatable bonds is 7. The van der Waals surface area contributed by atoms with Crippen LogP contribution in [-0.2, 0) is 11.2 Å². The summed E-state index contributed by atoms with van der Waals surface area (Å²) >= 11 is 0. The molecule has 0 fully saturated rings. The molecule has 17 heavy (non-hydrogen) atoms. The first-order valence-electron chi connectivity index (χ1n) is 5.75. The summed E-state index contributed by atoms with van der Waals surface area (Å²) in [5.74, 6) is 7.07. The van der Waals surface area contributed by atoms with Crippen molar-refractivity contribution in [1.82, 2.24) is 9.97 Å². The second-order valence-corrected chi connectivity index (χ2v) is 3.83. The number of anilines is 2. The maximum absolute atomic E-state index is 5.47. The van der Waals surface area contributed by atoms with Gasteiger partial charge in [0.05, 0.1) is 6.61 Å². The Morgan fingerprint density at radius 3 is 2.82 bits per heavy atom. The third kappa shape index (κ3) is 3.54. The molecule has 6 heteroatoms. The highest BCUT2D eigenvalue weighted by molar-refractivity contribution is 5.58. The topological polar surface area (TPSA) is 76.3 Å². The minimum atomic E-state index is 0.664. The van der Waals surface area contributed by atoms with Crippen molar-refractivity contribution < 1.29 is 4.74 Å². The predicted octanol–water partition coefficient (Wildman–Crippen LogP) is 0.797. The van der Waals surface area contributed by atoms with Gasteiger partial charge in [0, 0.05) is 26.3 Å². The molecule has 0 spiro atoms. The fourth-order valence-electron chi connectivity index (χ4n) is 1.67. The summed E-state index contributed by atoms with van der Waals surface area (Å²) in [6.07, 6.45) is 3.44. The highest BCUT2D eigenvalue weighted by Gasteiger charge is 2.13. The summed E-state index contributed by atoms with van der Waals surface area (Å²) in [6, 6.07) is 0. The van der Waals surface area contributed by atoms with Crippen molar-refractivity contribution in [3.8, 4) is 0 Å². The summed E-state index contributed by atoms with van der Waals surface area (Å²) in [6.45, 7) is 3.57. The third-order valence-electron chi connectivity index (χ3n) is 2.55. The van der Waals surface area contributed by atoms with E-state index in [0.717, 1.165) is 30.8 Å². The van der Waals surface area contributed by atoms with Crippen LogP contribution >= 0.6 is 0 Å². The molecule has 1 heterocycles. The van der Waals surface area contributed by atoms with Gasteiger partial charge in [-0.25, -0.2) is 15.8 Å². The number of hydrogen-bond donors (Lipinski definition) is 2. The molecule has 0 aromatic carbocycles. The second kappa shape index (κ2) is 7.03. The van der Waals surface area contributed by atoms with Crippen LogP contribution in [0.4, 0.5) is 11.6 Å². The van der Waals surface area contributed by atoms with Crippen LogP contribution in [0.3, 0.4) is 0 Å². The van der Waals surface area contributed by atoms with Crippen LogP contribution in [0.5, 0.6) is 0 Å². The van der Waals surface area contributed by atoms with Gasteiger partial charge in [-0.05, 0) is 6.42 Å². The van der Waals surface area contributed by atoms with E-state index < -0.39 is 0 Å². The number of nitrogens with two attached hydrogens (primary N) is 1. The zero-order valence-electron chi connectivity index (χ0n) is 10.7. The van der Waals surface area contributed by atoms with Crippen molar-refractivity contribution in [2.45, 2.75) is 19.8 Å². The molecule has 0 radical (unpaired) electrons. The summed E-state index contributed by atoms with van der Waals surface area (Å²) in [7, 11) is 3.68. The van der Waals surface area contributed by atoms with Gasteiger partial charge in [-0.2, -0.15) is 0 Å². The Bertz CT molecular complexity index is 345. The minimum absolute atomic E-state index is 0.664. The quantitative estimate of drug-likeness (QED) is 0.541. The summed E-state index contributed by atoms with van der Waals surface area (Å²) < 4.78 is 5.06. The fourth-order valence-corrected chi connectivity index (χ4v) is 1.67. The van der Waals surface area contributed by atoms with E-state index >= 15 is 0 Å². The van der Waals surface area contributed by atoms with E-state index in [0.29, 0.717) is 12.4 Å². The zero-order valence-corrected chi connectivity index (χ0v) is 10.7. The first-order chi connectivity index (χ1) is 8.24. The van der Waals surface area contributed by atoms with Gasteiger partial charge in [0.15, 0.2) is 0 Å². The molecule has 0 bridgehead atoms. The molecule has 96 valence electrons. The smallest absolute Gasteiger partial charge is 0.148 e. The lowest BCUT2D eigenvalue weighted by atomic mass is 10.1. The van der Waals surface area contributed by atoms with E-state index in [1.54, 1.807) is 7.11 Å². The Morgan fingerprint density at radius 1 is 1.47 bits per heavy atom. The van der Waals surface area contributed by atoms with Crippen LogP contribution in [0.2, 0.25) is 0 Å². The molecule has 0 aliphatic carbocycles. The Labute approximate surface area is 102 Å². The monoisotopic (exact) mass is 239 g/mol. The molecule has 0 aliphatic rings. The highest BCUT2D eigenvalue weighted by atomic mass is 16.5.